The Balaban J connectivity index is 1.23. The molecule has 0 aromatic heterocycles. The van der Waals surface area contributed by atoms with Gasteiger partial charge < -0.3 is 77.8 Å². The van der Waals surface area contributed by atoms with Gasteiger partial charge in [0.15, 0.2) is 30.4 Å². The van der Waals surface area contributed by atoms with Gasteiger partial charge in [0.2, 0.25) is 17.2 Å². The third-order valence-corrected chi connectivity index (χ3v) is 13.5. The highest BCUT2D eigenvalue weighted by Crippen LogP contribution is 2.50. The van der Waals surface area contributed by atoms with E-state index in [4.69, 9.17) is 56.9 Å². The first-order valence-corrected chi connectivity index (χ1v) is 21.3. The summed E-state index contributed by atoms with van der Waals surface area (Å²) in [4.78, 5) is 20.0. The molecule has 4 aliphatic rings. The highest BCUT2D eigenvalue weighted by molar-refractivity contribution is 9.10. The van der Waals surface area contributed by atoms with E-state index in [1.54, 1.807) is 34.8 Å². The lowest BCUT2D eigenvalue weighted by atomic mass is 9.97. The number of hydrogen-bond donors (Lipinski definition) is 6. The van der Waals surface area contributed by atoms with E-state index in [9.17, 15) is 25.2 Å². The summed E-state index contributed by atoms with van der Waals surface area (Å²) >= 11 is 4.40. The number of nitrogens with one attached hydrogen (secondary N) is 2. The molecule has 4 fully saturated rings. The van der Waals surface area contributed by atoms with Crippen molar-refractivity contribution in [2.24, 2.45) is 0 Å². The second kappa shape index (κ2) is 21.7. The highest BCUT2D eigenvalue weighted by Gasteiger charge is 2.49. The number of benzene rings is 1. The number of hydrogen-bond acceptors (Lipinski definition) is 20. The number of thioether (sulfide) groups is 1. The Morgan fingerprint density at radius 3 is 2.12 bits per heavy atom. The van der Waals surface area contributed by atoms with Gasteiger partial charge in [0.25, 0.3) is 0 Å². The lowest BCUT2D eigenvalue weighted by Crippen LogP contribution is -2.64. The Hall–Kier alpha value is -1.48. The zero-order valence-corrected chi connectivity index (χ0v) is 37.4. The molecule has 5 rings (SSSR count). The maximum absolute atomic E-state index is 14.1. The van der Waals surface area contributed by atoms with E-state index in [1.165, 1.54) is 28.4 Å². The minimum Gasteiger partial charge on any atom is -0.492 e. The first kappa shape index (κ1) is 48.6. The predicted octanol–water partition coefficient (Wildman–Crippen LogP) is 1.14. The first-order valence-electron chi connectivity index (χ1n) is 19.6. The van der Waals surface area contributed by atoms with E-state index in [0.29, 0.717) is 23.1 Å². The monoisotopic (exact) mass is 928 g/mol. The molecule has 4 heterocycles. The maximum Gasteiger partial charge on any atom is 0.229 e. The third kappa shape index (κ3) is 10.7. The van der Waals surface area contributed by atoms with Crippen molar-refractivity contribution in [3.63, 3.8) is 0 Å². The van der Waals surface area contributed by atoms with Crippen LogP contribution < -0.4 is 25.0 Å². The first-order chi connectivity index (χ1) is 28.1. The van der Waals surface area contributed by atoms with Crippen LogP contribution in [0.25, 0.3) is 0 Å². The van der Waals surface area contributed by atoms with E-state index in [0.717, 1.165) is 18.3 Å². The van der Waals surface area contributed by atoms with Crippen molar-refractivity contribution in [3.05, 3.63) is 15.6 Å². The molecule has 17 unspecified atom stereocenters. The fourth-order valence-electron chi connectivity index (χ4n) is 7.83. The number of carbonyl (C=O) groups is 1. The molecule has 1 aromatic rings. The van der Waals surface area contributed by atoms with Gasteiger partial charge in [0.1, 0.15) is 30.5 Å². The smallest absolute Gasteiger partial charge is 0.229 e. The number of likely N-dealkylation sites (N-methyl/N-ethyl adjacent to an activating group) is 1. The Bertz CT molecular complexity index is 1520. The summed E-state index contributed by atoms with van der Waals surface area (Å²) in [6.45, 7) is 9.88. The van der Waals surface area contributed by atoms with Crippen molar-refractivity contribution in [3.8, 4) is 17.2 Å². The number of ether oxygens (including phenoxy) is 11. The van der Waals surface area contributed by atoms with Crippen molar-refractivity contribution in [1.29, 1.82) is 0 Å². The van der Waals surface area contributed by atoms with Gasteiger partial charge in [-0.2, -0.15) is 5.48 Å². The largest absolute Gasteiger partial charge is 0.492 e. The quantitative estimate of drug-likeness (QED) is 0.128. The molecular weight excluding hydrogens is 868 g/mol. The molecule has 1 aromatic carbocycles. The second-order valence-electron chi connectivity index (χ2n) is 14.9. The van der Waals surface area contributed by atoms with Gasteiger partial charge in [0.05, 0.1) is 78.7 Å². The van der Waals surface area contributed by atoms with Crippen molar-refractivity contribution >= 4 is 32.8 Å². The molecule has 59 heavy (non-hydrogen) atoms. The highest BCUT2D eigenvalue weighted by atomic mass is 79.9. The van der Waals surface area contributed by atoms with Gasteiger partial charge >= 0.3 is 0 Å². The van der Waals surface area contributed by atoms with Gasteiger partial charge in [-0.15, -0.1) is 0 Å². The van der Waals surface area contributed by atoms with E-state index in [2.05, 4.69) is 26.7 Å². The van der Waals surface area contributed by atoms with Crippen LogP contribution in [0.3, 0.4) is 0 Å². The summed E-state index contributed by atoms with van der Waals surface area (Å²) in [5, 5.41) is 46.4. The Morgan fingerprint density at radius 2 is 1.51 bits per heavy atom. The van der Waals surface area contributed by atoms with Crippen LogP contribution in [0.5, 0.6) is 17.2 Å². The molecule has 0 amide bonds. The number of methoxy groups -OCH3 is 5. The molecular formula is C38H61BrN2O17S. The molecule has 0 bridgehead atoms. The standard InChI is InChI=1S/C38H61BrN2O17S/c1-11-40-19-14-52-22(13-21(19)47-6)56-33-28(44)26(16(3)54-38(33)51-10)41-58-23-12-20(42)35(18(5)53-23)59-36(46)24-15(2)25(39)31(34(50-9)30(24)48-7)57-37-29(45)32(49-8)27(43)17(4)55-37/h16-23,26-29,32-33,35,37-38,40-45H,11-14H2,1-10H3. The average molecular weight is 930 g/mol. The van der Waals surface area contributed by atoms with Crippen LogP contribution >= 0.6 is 27.7 Å². The van der Waals surface area contributed by atoms with E-state index in [1.807, 2.05) is 6.92 Å². The Labute approximate surface area is 357 Å². The number of rotatable bonds is 16. The van der Waals surface area contributed by atoms with Crippen molar-refractivity contribution in [2.45, 2.75) is 151 Å². The van der Waals surface area contributed by atoms with Gasteiger partial charge in [0, 0.05) is 34.2 Å². The lowest BCUT2D eigenvalue weighted by Gasteiger charge is -2.45. The summed E-state index contributed by atoms with van der Waals surface area (Å²) in [6, 6.07) is -0.801. The summed E-state index contributed by atoms with van der Waals surface area (Å²) < 4.78 is 64.4. The molecule has 0 saturated carbocycles. The zero-order valence-electron chi connectivity index (χ0n) is 35.0. The predicted molar refractivity (Wildman–Crippen MR) is 213 cm³/mol. The molecule has 19 nitrogen and oxygen atoms in total. The minimum atomic E-state index is -1.37. The summed E-state index contributed by atoms with van der Waals surface area (Å²) in [7, 11) is 7.20. The second-order valence-corrected chi connectivity index (χ2v) is 16.8. The summed E-state index contributed by atoms with van der Waals surface area (Å²) in [6.07, 6.45) is -12.2. The SMILES string of the molecule is CCNC1COC(OC2C(OC)OC(C)C(NOC3CC(O)C(SC(=O)c4c(C)c(Br)c(OC5OC(C)C(O)C(OC)C5O)c(OC)c4OC)C(C)O3)C2O)CC1OC. The van der Waals surface area contributed by atoms with Crippen LogP contribution in [0.1, 0.15) is 56.5 Å². The Morgan fingerprint density at radius 1 is 0.814 bits per heavy atom. The fourth-order valence-corrected chi connectivity index (χ4v) is 9.44. The van der Waals surface area contributed by atoms with Gasteiger partial charge in [-0.25, -0.2) is 0 Å². The molecule has 6 N–H and O–H groups in total. The molecule has 0 aliphatic carbocycles. The van der Waals surface area contributed by atoms with Gasteiger partial charge in [-0.1, -0.05) is 18.7 Å². The third-order valence-electron chi connectivity index (χ3n) is 11.1. The zero-order chi connectivity index (χ0) is 43.3. The van der Waals surface area contributed by atoms with E-state index >= 15 is 0 Å². The number of carbonyl (C=O) groups excluding carboxylic acids is 1. The average Bonchev–Trinajstić information content (AvgIpc) is 3.21. The van der Waals surface area contributed by atoms with Crippen LogP contribution in [0, 0.1) is 6.92 Å². The van der Waals surface area contributed by atoms with Crippen LogP contribution in [-0.2, 0) is 42.7 Å². The van der Waals surface area contributed by atoms with Crippen LogP contribution in [0.2, 0.25) is 0 Å². The molecule has 17 atom stereocenters. The molecule has 338 valence electrons. The number of aliphatic hydroxyl groups is 4. The topological polar surface area (TPSA) is 233 Å². The minimum absolute atomic E-state index is 0.00207. The van der Waals surface area contributed by atoms with Crippen LogP contribution in [0.15, 0.2) is 4.47 Å². The number of hydroxylamine groups is 1. The molecule has 4 saturated heterocycles. The van der Waals surface area contributed by atoms with Crippen LogP contribution in [-0.4, -0.2) is 178 Å². The summed E-state index contributed by atoms with van der Waals surface area (Å²) in [5.41, 5.74) is 3.44. The molecule has 0 spiro atoms. The fraction of sp³-hybridized carbons (Fsp3) is 0.816. The lowest BCUT2D eigenvalue weighted by molar-refractivity contribution is -0.330. The normalized spacial score (nSPS) is 39.1. The molecule has 0 radical (unpaired) electrons. The molecule has 21 heteroatoms. The van der Waals surface area contributed by atoms with E-state index < -0.39 is 96.5 Å². The van der Waals surface area contributed by atoms with Gasteiger partial charge in [-0.3, -0.25) is 9.63 Å². The van der Waals surface area contributed by atoms with Crippen molar-refractivity contribution in [1.82, 2.24) is 10.8 Å². The van der Waals surface area contributed by atoms with E-state index in [-0.39, 0.29) is 41.4 Å². The van der Waals surface area contributed by atoms with Gasteiger partial charge in [-0.05, 0) is 55.7 Å². The van der Waals surface area contributed by atoms with Crippen molar-refractivity contribution < 1.29 is 82.2 Å². The number of aliphatic hydroxyl groups excluding tert-OH is 4. The maximum atomic E-state index is 14.1. The van der Waals surface area contributed by atoms with Crippen LogP contribution in [0.4, 0.5) is 0 Å². The van der Waals surface area contributed by atoms with Crippen molar-refractivity contribution in [2.75, 3.05) is 48.7 Å². The number of halogens is 1. The Kier molecular flexibility index (Phi) is 17.9. The molecule has 4 aliphatic heterocycles. The summed E-state index contributed by atoms with van der Waals surface area (Å²) in [5.74, 6) is 0.186.